The molecule has 1 aromatic heterocycles. The highest BCUT2D eigenvalue weighted by molar-refractivity contribution is 5.90. The van der Waals surface area contributed by atoms with E-state index in [4.69, 9.17) is 0 Å². The predicted octanol–water partition coefficient (Wildman–Crippen LogP) is 1.78. The van der Waals surface area contributed by atoms with Crippen molar-refractivity contribution < 1.29 is 9.59 Å². The summed E-state index contributed by atoms with van der Waals surface area (Å²) in [5.41, 5.74) is 0. The van der Waals surface area contributed by atoms with Crippen LogP contribution in [0.15, 0.2) is 12.4 Å². The molecule has 1 N–H and O–H groups in total. The van der Waals surface area contributed by atoms with Crippen molar-refractivity contribution in [1.29, 1.82) is 0 Å². The van der Waals surface area contributed by atoms with E-state index in [0.29, 0.717) is 6.54 Å². The van der Waals surface area contributed by atoms with Crippen molar-refractivity contribution in [3.8, 4) is 0 Å². The Hall–Kier alpha value is -1.85. The van der Waals surface area contributed by atoms with E-state index in [0.717, 1.165) is 18.7 Å². The summed E-state index contributed by atoms with van der Waals surface area (Å²) in [7, 11) is 1.91. The molecule has 126 valence electrons. The molecule has 2 atom stereocenters. The topological polar surface area (TPSA) is 67.2 Å². The SMILES string of the molecule is CCN1C(=O)C[C@H](C(=O)NC2CCCCC2)[C@H]1c1nccn1C. The van der Waals surface area contributed by atoms with E-state index in [1.807, 2.05) is 24.7 Å². The molecule has 2 amide bonds. The van der Waals surface area contributed by atoms with Crippen molar-refractivity contribution in [3.63, 3.8) is 0 Å². The minimum Gasteiger partial charge on any atom is -0.353 e. The molecule has 6 heteroatoms. The summed E-state index contributed by atoms with van der Waals surface area (Å²) in [6.07, 6.45) is 9.59. The quantitative estimate of drug-likeness (QED) is 0.920. The van der Waals surface area contributed by atoms with Crippen LogP contribution in [0.5, 0.6) is 0 Å². The normalized spacial score (nSPS) is 25.8. The summed E-state index contributed by atoms with van der Waals surface area (Å²) in [4.78, 5) is 31.3. The van der Waals surface area contributed by atoms with Crippen LogP contribution in [0.25, 0.3) is 0 Å². The lowest BCUT2D eigenvalue weighted by molar-refractivity contribution is -0.129. The zero-order chi connectivity index (χ0) is 16.4. The minimum atomic E-state index is -0.342. The number of likely N-dealkylation sites (tertiary alicyclic amines) is 1. The number of carbonyl (C=O) groups excluding carboxylic acids is 2. The van der Waals surface area contributed by atoms with Crippen LogP contribution in [0.1, 0.15) is 57.3 Å². The van der Waals surface area contributed by atoms with E-state index in [2.05, 4.69) is 10.3 Å². The zero-order valence-electron chi connectivity index (χ0n) is 14.0. The number of carbonyl (C=O) groups is 2. The van der Waals surface area contributed by atoms with Crippen LogP contribution in [0.3, 0.4) is 0 Å². The van der Waals surface area contributed by atoms with E-state index in [1.165, 1.54) is 19.3 Å². The first-order chi connectivity index (χ1) is 11.1. The van der Waals surface area contributed by atoms with Gasteiger partial charge < -0.3 is 14.8 Å². The molecule has 0 unspecified atom stereocenters. The van der Waals surface area contributed by atoms with Crippen LogP contribution < -0.4 is 5.32 Å². The van der Waals surface area contributed by atoms with Gasteiger partial charge in [-0.05, 0) is 19.8 Å². The van der Waals surface area contributed by atoms with E-state index < -0.39 is 0 Å². The molecule has 6 nitrogen and oxygen atoms in total. The smallest absolute Gasteiger partial charge is 0.226 e. The zero-order valence-corrected chi connectivity index (χ0v) is 14.0. The number of amides is 2. The lowest BCUT2D eigenvalue weighted by Gasteiger charge is -2.28. The van der Waals surface area contributed by atoms with Gasteiger partial charge in [0.1, 0.15) is 11.9 Å². The Kier molecular flexibility index (Phi) is 4.68. The summed E-state index contributed by atoms with van der Waals surface area (Å²) >= 11 is 0. The predicted molar refractivity (Wildman–Crippen MR) is 86.5 cm³/mol. The van der Waals surface area contributed by atoms with Gasteiger partial charge in [0.2, 0.25) is 11.8 Å². The number of aryl methyl sites for hydroxylation is 1. The van der Waals surface area contributed by atoms with Crippen LogP contribution in [0.4, 0.5) is 0 Å². The fraction of sp³-hybridized carbons (Fsp3) is 0.706. The molecule has 1 saturated heterocycles. The van der Waals surface area contributed by atoms with Crippen molar-refractivity contribution in [2.75, 3.05) is 6.54 Å². The number of nitrogens with one attached hydrogen (secondary N) is 1. The van der Waals surface area contributed by atoms with Gasteiger partial charge in [0.25, 0.3) is 0 Å². The van der Waals surface area contributed by atoms with E-state index in [-0.39, 0.29) is 36.2 Å². The standard InChI is InChI=1S/C17H26N4O2/c1-3-21-14(22)11-13(15(21)16-18-9-10-20(16)2)17(23)19-12-7-5-4-6-8-12/h9-10,12-13,15H,3-8,11H2,1-2H3,(H,19,23)/t13-,15-/m0/s1. The van der Waals surface area contributed by atoms with Gasteiger partial charge in [-0.2, -0.15) is 0 Å². The molecule has 1 aromatic rings. The van der Waals surface area contributed by atoms with Crippen molar-refractivity contribution in [1.82, 2.24) is 19.8 Å². The third-order valence-electron chi connectivity index (χ3n) is 5.18. The molecule has 0 aromatic carbocycles. The molecule has 2 heterocycles. The van der Waals surface area contributed by atoms with Gasteiger partial charge in [0.15, 0.2) is 0 Å². The van der Waals surface area contributed by atoms with Gasteiger partial charge in [-0.3, -0.25) is 9.59 Å². The molecule has 23 heavy (non-hydrogen) atoms. The van der Waals surface area contributed by atoms with Crippen LogP contribution in [0.2, 0.25) is 0 Å². The molecule has 0 bridgehead atoms. The number of aromatic nitrogens is 2. The Labute approximate surface area is 137 Å². The molecule has 1 aliphatic heterocycles. The second-order valence-corrected chi connectivity index (χ2v) is 6.68. The first-order valence-electron chi connectivity index (χ1n) is 8.69. The molecule has 0 radical (unpaired) electrons. The maximum atomic E-state index is 12.8. The highest BCUT2D eigenvalue weighted by Gasteiger charge is 2.45. The molecule has 0 spiro atoms. The van der Waals surface area contributed by atoms with Crippen LogP contribution >= 0.6 is 0 Å². The number of imidazole rings is 1. The van der Waals surface area contributed by atoms with Gasteiger partial charge >= 0.3 is 0 Å². The number of nitrogens with zero attached hydrogens (tertiary/aromatic N) is 3. The van der Waals surface area contributed by atoms with E-state index in [9.17, 15) is 9.59 Å². The van der Waals surface area contributed by atoms with E-state index >= 15 is 0 Å². The van der Waals surface area contributed by atoms with Gasteiger partial charge in [-0.15, -0.1) is 0 Å². The molecule has 1 aliphatic carbocycles. The number of hydrogen-bond acceptors (Lipinski definition) is 3. The Balaban J connectivity index is 1.79. The summed E-state index contributed by atoms with van der Waals surface area (Å²) in [6.45, 7) is 2.55. The average molecular weight is 318 g/mol. The van der Waals surface area contributed by atoms with Crippen molar-refractivity contribution >= 4 is 11.8 Å². The molecular formula is C17H26N4O2. The maximum absolute atomic E-state index is 12.8. The van der Waals surface area contributed by atoms with Gasteiger partial charge in [-0.25, -0.2) is 4.98 Å². The largest absolute Gasteiger partial charge is 0.353 e. The monoisotopic (exact) mass is 318 g/mol. The second-order valence-electron chi connectivity index (χ2n) is 6.68. The van der Waals surface area contributed by atoms with Crippen LogP contribution in [-0.4, -0.2) is 38.9 Å². The van der Waals surface area contributed by atoms with Crippen molar-refractivity contribution in [3.05, 3.63) is 18.2 Å². The number of rotatable bonds is 4. The fourth-order valence-electron chi connectivity index (χ4n) is 3.94. The highest BCUT2D eigenvalue weighted by Crippen LogP contribution is 2.37. The van der Waals surface area contributed by atoms with E-state index in [1.54, 1.807) is 11.1 Å². The lowest BCUT2D eigenvalue weighted by atomic mass is 9.93. The minimum absolute atomic E-state index is 0.00852. The molecule has 2 fully saturated rings. The second kappa shape index (κ2) is 6.72. The maximum Gasteiger partial charge on any atom is 0.226 e. The Morgan fingerprint density at radius 1 is 1.35 bits per heavy atom. The highest BCUT2D eigenvalue weighted by atomic mass is 16.2. The van der Waals surface area contributed by atoms with Crippen LogP contribution in [-0.2, 0) is 16.6 Å². The summed E-state index contributed by atoms with van der Waals surface area (Å²) in [5.74, 6) is 0.505. The Morgan fingerprint density at radius 2 is 2.09 bits per heavy atom. The van der Waals surface area contributed by atoms with Crippen LogP contribution in [0, 0.1) is 5.92 Å². The Bertz CT molecular complexity index is 577. The molecular weight excluding hydrogens is 292 g/mol. The molecule has 3 rings (SSSR count). The first kappa shape index (κ1) is 16.0. The molecule has 1 saturated carbocycles. The van der Waals surface area contributed by atoms with Crippen molar-refractivity contribution in [2.24, 2.45) is 13.0 Å². The Morgan fingerprint density at radius 3 is 2.70 bits per heavy atom. The number of hydrogen-bond donors (Lipinski definition) is 1. The summed E-state index contributed by atoms with van der Waals surface area (Å²) in [6, 6.07) is 0.0140. The van der Waals surface area contributed by atoms with Crippen molar-refractivity contribution in [2.45, 2.75) is 57.5 Å². The fourth-order valence-corrected chi connectivity index (χ4v) is 3.94. The summed E-state index contributed by atoms with van der Waals surface area (Å²) < 4.78 is 1.91. The van der Waals surface area contributed by atoms with Gasteiger partial charge in [0, 0.05) is 38.4 Å². The average Bonchev–Trinajstić information content (AvgIpc) is 3.10. The van der Waals surface area contributed by atoms with Gasteiger partial charge in [-0.1, -0.05) is 19.3 Å². The summed E-state index contributed by atoms with van der Waals surface area (Å²) in [5, 5.41) is 3.18. The first-order valence-corrected chi connectivity index (χ1v) is 8.69. The lowest BCUT2D eigenvalue weighted by Crippen LogP contribution is -2.42. The van der Waals surface area contributed by atoms with Gasteiger partial charge in [0.05, 0.1) is 5.92 Å². The molecule has 2 aliphatic rings. The third-order valence-corrected chi connectivity index (χ3v) is 5.18. The third kappa shape index (κ3) is 3.12.